The van der Waals surface area contributed by atoms with E-state index in [2.05, 4.69) is 15.6 Å². The van der Waals surface area contributed by atoms with Gasteiger partial charge in [-0.25, -0.2) is 4.79 Å². The van der Waals surface area contributed by atoms with Crippen LogP contribution in [0.15, 0.2) is 35.3 Å². The number of benzene rings is 1. The summed E-state index contributed by atoms with van der Waals surface area (Å²) in [6.45, 7) is 5.92. The normalized spacial score (nSPS) is 11.7. The molecule has 1 heterocycles. The van der Waals surface area contributed by atoms with Crippen LogP contribution in [0.4, 0.5) is 4.79 Å². The van der Waals surface area contributed by atoms with E-state index < -0.39 is 0 Å². The summed E-state index contributed by atoms with van der Waals surface area (Å²) in [5.74, 6) is 0.725. The zero-order valence-corrected chi connectivity index (χ0v) is 14.4. The first-order valence-electron chi connectivity index (χ1n) is 7.78. The molecule has 1 aromatic carbocycles. The van der Waals surface area contributed by atoms with Crippen molar-refractivity contribution in [2.75, 3.05) is 7.11 Å². The number of amides is 2. The van der Waals surface area contributed by atoms with Gasteiger partial charge in [0.05, 0.1) is 13.2 Å². The molecule has 0 saturated heterocycles. The Morgan fingerprint density at radius 2 is 2.00 bits per heavy atom. The Kier molecular flexibility index (Phi) is 5.63. The Labute approximate surface area is 141 Å². The predicted molar refractivity (Wildman–Crippen MR) is 93.3 cm³/mol. The molecule has 6 heteroatoms. The number of H-pyrrole nitrogens is 1. The number of urea groups is 1. The molecule has 0 aliphatic carbocycles. The first-order valence-corrected chi connectivity index (χ1v) is 7.78. The molecule has 0 saturated carbocycles. The first kappa shape index (κ1) is 17.6. The number of ether oxygens (including phenoxy) is 1. The van der Waals surface area contributed by atoms with Crippen LogP contribution in [0, 0.1) is 13.8 Å². The lowest BCUT2D eigenvalue weighted by molar-refractivity contribution is 0.237. The number of aryl methyl sites for hydroxylation is 2. The molecule has 6 nitrogen and oxygen atoms in total. The van der Waals surface area contributed by atoms with Crippen molar-refractivity contribution >= 4 is 6.03 Å². The van der Waals surface area contributed by atoms with Gasteiger partial charge in [0.2, 0.25) is 0 Å². The number of hydrogen-bond donors (Lipinski definition) is 3. The number of rotatable bonds is 5. The van der Waals surface area contributed by atoms with Gasteiger partial charge in [0.15, 0.2) is 0 Å². The number of carbonyl (C=O) groups excluding carboxylic acids is 1. The Bertz CT molecular complexity index is 783. The number of carbonyl (C=O) groups is 1. The van der Waals surface area contributed by atoms with Gasteiger partial charge in [0, 0.05) is 23.9 Å². The lowest BCUT2D eigenvalue weighted by atomic mass is 10.0. The summed E-state index contributed by atoms with van der Waals surface area (Å²) in [5.41, 5.74) is 3.25. The smallest absolute Gasteiger partial charge is 0.315 e. The van der Waals surface area contributed by atoms with Crippen LogP contribution in [0.5, 0.6) is 5.75 Å². The minimum atomic E-state index is -0.341. The van der Waals surface area contributed by atoms with E-state index in [9.17, 15) is 9.59 Å². The fourth-order valence-corrected chi connectivity index (χ4v) is 2.48. The summed E-state index contributed by atoms with van der Waals surface area (Å²) in [7, 11) is 1.60. The number of pyridine rings is 1. The molecule has 24 heavy (non-hydrogen) atoms. The first-order chi connectivity index (χ1) is 11.4. The van der Waals surface area contributed by atoms with Gasteiger partial charge in [0.1, 0.15) is 5.75 Å². The van der Waals surface area contributed by atoms with E-state index in [0.717, 1.165) is 22.4 Å². The van der Waals surface area contributed by atoms with E-state index in [1.54, 1.807) is 19.4 Å². The van der Waals surface area contributed by atoms with Crippen molar-refractivity contribution in [3.05, 3.63) is 63.1 Å². The maximum absolute atomic E-state index is 12.1. The number of hydrogen-bond acceptors (Lipinski definition) is 3. The summed E-state index contributed by atoms with van der Waals surface area (Å²) in [6.07, 6.45) is 1.64. The molecule has 128 valence electrons. The lowest BCUT2D eigenvalue weighted by Crippen LogP contribution is -2.37. The Balaban J connectivity index is 2.00. The zero-order valence-electron chi connectivity index (χ0n) is 14.4. The minimum absolute atomic E-state index is 0.167. The quantitative estimate of drug-likeness (QED) is 0.788. The molecule has 0 fully saturated rings. The maximum atomic E-state index is 12.1. The SMILES string of the molecule is COc1ccc(C)cc1[C@H](C)NC(=O)NCc1cc(C)c[nH]c1=O. The Hall–Kier alpha value is -2.76. The topological polar surface area (TPSA) is 83.2 Å². The molecule has 0 bridgehead atoms. The van der Waals surface area contributed by atoms with Crippen LogP contribution in [0.2, 0.25) is 0 Å². The monoisotopic (exact) mass is 329 g/mol. The highest BCUT2D eigenvalue weighted by atomic mass is 16.5. The number of aromatic nitrogens is 1. The van der Waals surface area contributed by atoms with E-state index in [4.69, 9.17) is 4.74 Å². The molecule has 2 amide bonds. The second-order valence-corrected chi connectivity index (χ2v) is 5.83. The summed E-state index contributed by atoms with van der Waals surface area (Å²) in [6, 6.07) is 7.01. The largest absolute Gasteiger partial charge is 0.496 e. The standard InChI is InChI=1S/C18H23N3O3/c1-11-5-6-16(24-4)15(8-11)13(3)21-18(23)20-10-14-7-12(2)9-19-17(14)22/h5-9,13H,10H2,1-4H3,(H,19,22)(H2,20,21,23)/t13-/m0/s1. The van der Waals surface area contributed by atoms with Crippen LogP contribution in [0.25, 0.3) is 0 Å². The molecule has 0 radical (unpaired) electrons. The van der Waals surface area contributed by atoms with Gasteiger partial charge >= 0.3 is 6.03 Å². The van der Waals surface area contributed by atoms with Crippen molar-refractivity contribution < 1.29 is 9.53 Å². The molecule has 0 aliphatic rings. The highest BCUT2D eigenvalue weighted by Gasteiger charge is 2.14. The third-order valence-electron chi connectivity index (χ3n) is 3.76. The van der Waals surface area contributed by atoms with Gasteiger partial charge < -0.3 is 20.4 Å². The molecule has 1 aromatic heterocycles. The van der Waals surface area contributed by atoms with E-state index in [1.807, 2.05) is 39.0 Å². The van der Waals surface area contributed by atoms with Gasteiger partial charge in [0.25, 0.3) is 5.56 Å². The summed E-state index contributed by atoms with van der Waals surface area (Å²) in [4.78, 5) is 26.4. The third kappa shape index (κ3) is 4.38. The van der Waals surface area contributed by atoms with Gasteiger partial charge in [-0.3, -0.25) is 4.79 Å². The molecular formula is C18H23N3O3. The molecule has 3 N–H and O–H groups in total. The lowest BCUT2D eigenvalue weighted by Gasteiger charge is -2.18. The van der Waals surface area contributed by atoms with E-state index >= 15 is 0 Å². The van der Waals surface area contributed by atoms with Gasteiger partial charge in [-0.2, -0.15) is 0 Å². The van der Waals surface area contributed by atoms with E-state index in [-0.39, 0.29) is 24.2 Å². The van der Waals surface area contributed by atoms with E-state index in [0.29, 0.717) is 5.56 Å². The van der Waals surface area contributed by atoms with E-state index in [1.165, 1.54) is 0 Å². The molecule has 2 aromatic rings. The molecule has 1 atom stereocenters. The zero-order chi connectivity index (χ0) is 17.7. The van der Waals surface area contributed by atoms with Crippen molar-refractivity contribution in [1.29, 1.82) is 0 Å². The van der Waals surface area contributed by atoms with Crippen LogP contribution < -0.4 is 20.9 Å². The second-order valence-electron chi connectivity index (χ2n) is 5.83. The maximum Gasteiger partial charge on any atom is 0.315 e. The summed E-state index contributed by atoms with van der Waals surface area (Å²) < 4.78 is 5.34. The minimum Gasteiger partial charge on any atom is -0.496 e. The number of nitrogens with one attached hydrogen (secondary N) is 3. The molecular weight excluding hydrogens is 306 g/mol. The van der Waals surface area contributed by atoms with Crippen molar-refractivity contribution in [3.63, 3.8) is 0 Å². The Morgan fingerprint density at radius 1 is 1.25 bits per heavy atom. The summed E-state index contributed by atoms with van der Waals surface area (Å²) >= 11 is 0. The van der Waals surface area contributed by atoms with Gasteiger partial charge in [-0.05, 0) is 38.5 Å². The molecule has 0 aliphatic heterocycles. The predicted octanol–water partition coefficient (Wildman–Crippen LogP) is 2.56. The number of aromatic amines is 1. The molecule has 0 unspecified atom stereocenters. The van der Waals surface area contributed by atoms with Crippen LogP contribution in [0.3, 0.4) is 0 Å². The van der Waals surface area contributed by atoms with Gasteiger partial charge in [-0.15, -0.1) is 0 Å². The highest BCUT2D eigenvalue weighted by molar-refractivity contribution is 5.74. The average Bonchev–Trinajstić information content (AvgIpc) is 2.55. The van der Waals surface area contributed by atoms with Crippen molar-refractivity contribution in [2.45, 2.75) is 33.4 Å². The summed E-state index contributed by atoms with van der Waals surface area (Å²) in [5, 5.41) is 5.57. The number of methoxy groups -OCH3 is 1. The highest BCUT2D eigenvalue weighted by Crippen LogP contribution is 2.25. The van der Waals surface area contributed by atoms with Gasteiger partial charge in [-0.1, -0.05) is 17.7 Å². The fraction of sp³-hybridized carbons (Fsp3) is 0.333. The van der Waals surface area contributed by atoms with Crippen molar-refractivity contribution in [1.82, 2.24) is 15.6 Å². The molecule has 0 spiro atoms. The third-order valence-corrected chi connectivity index (χ3v) is 3.76. The van der Waals surface area contributed by atoms with Crippen LogP contribution in [0.1, 0.15) is 35.2 Å². The fourth-order valence-electron chi connectivity index (χ4n) is 2.48. The Morgan fingerprint density at radius 3 is 2.71 bits per heavy atom. The van der Waals surface area contributed by atoms with Crippen LogP contribution in [-0.4, -0.2) is 18.1 Å². The molecule has 2 rings (SSSR count). The van der Waals surface area contributed by atoms with Crippen molar-refractivity contribution in [2.24, 2.45) is 0 Å². The van der Waals surface area contributed by atoms with Crippen LogP contribution in [-0.2, 0) is 6.54 Å². The second kappa shape index (κ2) is 7.68. The van der Waals surface area contributed by atoms with Crippen LogP contribution >= 0.6 is 0 Å². The average molecular weight is 329 g/mol. The van der Waals surface area contributed by atoms with Crippen molar-refractivity contribution in [3.8, 4) is 5.75 Å².